The van der Waals surface area contributed by atoms with Crippen molar-refractivity contribution in [1.82, 2.24) is 0 Å². The molecular formula is C20H17O6-. The first-order valence-corrected chi connectivity index (χ1v) is 7.92. The molecule has 0 aliphatic heterocycles. The average Bonchev–Trinajstić information content (AvgIpc) is 2.55. The van der Waals surface area contributed by atoms with Crippen molar-refractivity contribution in [3.63, 3.8) is 0 Å². The molecule has 6 nitrogen and oxygen atoms in total. The summed E-state index contributed by atoms with van der Waals surface area (Å²) >= 11 is 0. The first-order chi connectivity index (χ1) is 12.3. The smallest absolute Gasteiger partial charge is 0.200 e. The molecule has 0 fully saturated rings. The van der Waals surface area contributed by atoms with Crippen molar-refractivity contribution in [3.05, 3.63) is 58.0 Å². The molecule has 3 rings (SSSR count). The van der Waals surface area contributed by atoms with Gasteiger partial charge in [0.25, 0.3) is 0 Å². The molecule has 6 heteroatoms. The maximum absolute atomic E-state index is 12.9. The van der Waals surface area contributed by atoms with Crippen LogP contribution in [0, 0.1) is 0 Å². The van der Waals surface area contributed by atoms with Crippen LogP contribution in [0.4, 0.5) is 0 Å². The Balaban J connectivity index is 2.28. The number of rotatable bonds is 3. The van der Waals surface area contributed by atoms with Crippen molar-refractivity contribution < 1.29 is 24.8 Å². The van der Waals surface area contributed by atoms with Crippen LogP contribution in [-0.2, 0) is 6.42 Å². The molecular weight excluding hydrogens is 336 g/mol. The summed E-state index contributed by atoms with van der Waals surface area (Å²) in [7, 11) is 0. The van der Waals surface area contributed by atoms with E-state index >= 15 is 0 Å². The molecule has 0 amide bonds. The number of phenols is 3. The quantitative estimate of drug-likeness (QED) is 0.623. The second-order valence-electron chi connectivity index (χ2n) is 6.24. The minimum atomic E-state index is -0.615. The van der Waals surface area contributed by atoms with Gasteiger partial charge in [-0.3, -0.25) is 4.79 Å². The minimum absolute atomic E-state index is 0.00838. The molecule has 0 atom stereocenters. The summed E-state index contributed by atoms with van der Waals surface area (Å²) in [6.45, 7) is 3.73. The Hall–Kier alpha value is -3.41. The summed E-state index contributed by atoms with van der Waals surface area (Å²) in [6, 6.07) is 5.01. The van der Waals surface area contributed by atoms with E-state index in [0.29, 0.717) is 0 Å². The van der Waals surface area contributed by atoms with E-state index in [1.54, 1.807) is 6.08 Å². The van der Waals surface area contributed by atoms with E-state index in [9.17, 15) is 25.2 Å². The molecule has 1 heterocycles. The fourth-order valence-corrected chi connectivity index (χ4v) is 2.72. The summed E-state index contributed by atoms with van der Waals surface area (Å²) in [5.74, 6) is -1.31. The van der Waals surface area contributed by atoms with Crippen LogP contribution in [0.15, 0.2) is 51.4 Å². The Morgan fingerprint density at radius 2 is 1.85 bits per heavy atom. The van der Waals surface area contributed by atoms with Gasteiger partial charge in [-0.15, -0.1) is 0 Å². The first kappa shape index (κ1) is 17.4. The Bertz CT molecular complexity index is 1090. The van der Waals surface area contributed by atoms with Gasteiger partial charge < -0.3 is 24.8 Å². The highest BCUT2D eigenvalue weighted by Gasteiger charge is 2.16. The summed E-state index contributed by atoms with van der Waals surface area (Å²) in [5.41, 5.74) is 0.565. The van der Waals surface area contributed by atoms with E-state index in [2.05, 4.69) is 0 Å². The lowest BCUT2D eigenvalue weighted by Gasteiger charge is -2.17. The Labute approximate surface area is 148 Å². The molecule has 26 heavy (non-hydrogen) atoms. The van der Waals surface area contributed by atoms with Gasteiger partial charge in [0.1, 0.15) is 29.1 Å². The van der Waals surface area contributed by atoms with Gasteiger partial charge in [0.15, 0.2) is 5.43 Å². The van der Waals surface area contributed by atoms with Crippen molar-refractivity contribution in [2.45, 2.75) is 20.3 Å². The van der Waals surface area contributed by atoms with E-state index in [1.165, 1.54) is 18.2 Å². The SMILES string of the molecule is CC(C)=CCc1c(O)cc2occ(-c3ccc(O)cc3O)c(=O)c2c1[O-]. The van der Waals surface area contributed by atoms with Gasteiger partial charge in [0, 0.05) is 17.7 Å². The number of fused-ring (bicyclic) bond motifs is 1. The monoisotopic (exact) mass is 353 g/mol. The predicted octanol–water partition coefficient (Wildman–Crippen LogP) is 3.16. The second-order valence-corrected chi connectivity index (χ2v) is 6.24. The third-order valence-electron chi connectivity index (χ3n) is 4.09. The van der Waals surface area contributed by atoms with Crippen LogP contribution >= 0.6 is 0 Å². The summed E-state index contributed by atoms with van der Waals surface area (Å²) in [6.07, 6.45) is 3.09. The number of benzene rings is 2. The zero-order chi connectivity index (χ0) is 19.0. The molecule has 0 radical (unpaired) electrons. The fourth-order valence-electron chi connectivity index (χ4n) is 2.72. The van der Waals surface area contributed by atoms with Gasteiger partial charge in [0.05, 0.1) is 10.9 Å². The van der Waals surface area contributed by atoms with E-state index in [4.69, 9.17) is 4.42 Å². The highest BCUT2D eigenvalue weighted by atomic mass is 16.3. The maximum atomic E-state index is 12.9. The van der Waals surface area contributed by atoms with Gasteiger partial charge in [-0.2, -0.15) is 0 Å². The molecule has 0 saturated carbocycles. The fraction of sp³-hybridized carbons (Fsp3) is 0.150. The van der Waals surface area contributed by atoms with Crippen molar-refractivity contribution in [3.8, 4) is 34.1 Å². The lowest BCUT2D eigenvalue weighted by atomic mass is 10.0. The van der Waals surface area contributed by atoms with Crippen molar-refractivity contribution in [1.29, 1.82) is 0 Å². The van der Waals surface area contributed by atoms with Gasteiger partial charge in [-0.1, -0.05) is 17.4 Å². The normalized spacial score (nSPS) is 10.8. The molecule has 0 unspecified atom stereocenters. The summed E-state index contributed by atoms with van der Waals surface area (Å²) in [5, 5.41) is 42.0. The van der Waals surface area contributed by atoms with Crippen molar-refractivity contribution in [2.75, 3.05) is 0 Å². The standard InChI is InChI=1S/C20H18O6/c1-10(2)3-5-13-16(23)8-17-18(19(13)24)20(25)14(9-26-17)12-6-4-11(21)7-15(12)22/h3-4,6-9,21-24H,5H2,1-2H3/p-1. The van der Waals surface area contributed by atoms with Gasteiger partial charge in [-0.25, -0.2) is 0 Å². The number of phenolic OH excluding ortho intramolecular Hbond substituents is 3. The highest BCUT2D eigenvalue weighted by molar-refractivity contribution is 5.90. The zero-order valence-corrected chi connectivity index (χ0v) is 14.2. The van der Waals surface area contributed by atoms with E-state index in [1.807, 2.05) is 13.8 Å². The lowest BCUT2D eigenvalue weighted by molar-refractivity contribution is -0.267. The van der Waals surface area contributed by atoms with Crippen molar-refractivity contribution in [2.24, 2.45) is 0 Å². The first-order valence-electron chi connectivity index (χ1n) is 7.92. The predicted molar refractivity (Wildman–Crippen MR) is 95.5 cm³/mol. The van der Waals surface area contributed by atoms with E-state index in [-0.39, 0.29) is 51.3 Å². The van der Waals surface area contributed by atoms with E-state index < -0.39 is 11.2 Å². The molecule has 3 aromatic rings. The van der Waals surface area contributed by atoms with Crippen LogP contribution in [0.2, 0.25) is 0 Å². The Morgan fingerprint density at radius 3 is 2.50 bits per heavy atom. The average molecular weight is 353 g/mol. The third-order valence-corrected chi connectivity index (χ3v) is 4.09. The summed E-state index contributed by atoms with van der Waals surface area (Å²) in [4.78, 5) is 12.9. The number of aromatic hydroxyl groups is 3. The van der Waals surface area contributed by atoms with Gasteiger partial charge in [0.2, 0.25) is 0 Å². The van der Waals surface area contributed by atoms with Crippen LogP contribution in [0.25, 0.3) is 22.1 Å². The van der Waals surface area contributed by atoms with Crippen LogP contribution in [-0.4, -0.2) is 15.3 Å². The molecule has 1 aromatic heterocycles. The van der Waals surface area contributed by atoms with E-state index in [0.717, 1.165) is 17.9 Å². The van der Waals surface area contributed by atoms with Crippen LogP contribution in [0.1, 0.15) is 19.4 Å². The number of hydrogen-bond acceptors (Lipinski definition) is 6. The molecule has 2 aromatic carbocycles. The molecule has 0 spiro atoms. The molecule has 0 aliphatic rings. The third kappa shape index (κ3) is 2.97. The van der Waals surface area contributed by atoms with Crippen LogP contribution in [0.3, 0.4) is 0 Å². The Morgan fingerprint density at radius 1 is 1.12 bits per heavy atom. The highest BCUT2D eigenvalue weighted by Crippen LogP contribution is 2.36. The molecule has 0 bridgehead atoms. The number of allylic oxidation sites excluding steroid dienone is 2. The largest absolute Gasteiger partial charge is 0.872 e. The molecule has 134 valence electrons. The maximum Gasteiger partial charge on any atom is 0.200 e. The minimum Gasteiger partial charge on any atom is -0.872 e. The molecule has 0 aliphatic carbocycles. The van der Waals surface area contributed by atoms with Gasteiger partial charge in [-0.05, 0) is 38.0 Å². The van der Waals surface area contributed by atoms with Crippen LogP contribution < -0.4 is 10.5 Å². The second kappa shape index (κ2) is 6.48. The van der Waals surface area contributed by atoms with Crippen LogP contribution in [0.5, 0.6) is 23.0 Å². The lowest BCUT2D eigenvalue weighted by Crippen LogP contribution is -2.10. The topological polar surface area (TPSA) is 114 Å². The molecule has 3 N–H and O–H groups in total. The van der Waals surface area contributed by atoms with Crippen molar-refractivity contribution >= 4 is 11.0 Å². The number of hydrogen-bond donors (Lipinski definition) is 3. The van der Waals surface area contributed by atoms with Gasteiger partial charge >= 0.3 is 0 Å². The summed E-state index contributed by atoms with van der Waals surface area (Å²) < 4.78 is 5.36. The molecule has 0 saturated heterocycles. The zero-order valence-electron chi connectivity index (χ0n) is 14.2. The Kier molecular flexibility index (Phi) is 4.34.